The molecule has 2 unspecified atom stereocenters. The van der Waals surface area contributed by atoms with Crippen LogP contribution in [0.3, 0.4) is 0 Å². The van der Waals surface area contributed by atoms with Gasteiger partial charge < -0.3 is 5.32 Å². The van der Waals surface area contributed by atoms with Gasteiger partial charge in [-0.3, -0.25) is 0 Å². The van der Waals surface area contributed by atoms with E-state index in [0.29, 0.717) is 0 Å². The van der Waals surface area contributed by atoms with E-state index < -0.39 is 0 Å². The van der Waals surface area contributed by atoms with Gasteiger partial charge in [0.15, 0.2) is 0 Å². The maximum atomic E-state index is 3.43. The Balaban J connectivity index is 0.000000980. The monoisotopic (exact) mass is 211 g/mol. The third kappa shape index (κ3) is 2.49. The van der Waals surface area contributed by atoms with Gasteiger partial charge in [-0.2, -0.15) is 0 Å². The van der Waals surface area contributed by atoms with Crippen molar-refractivity contribution in [3.8, 4) is 0 Å². The predicted octanol–water partition coefficient (Wildman–Crippen LogP) is 2.82. The predicted molar refractivity (Wildman–Crippen MR) is 63.1 cm³/mol. The molecule has 1 aromatic rings. The number of benzene rings is 1. The van der Waals surface area contributed by atoms with Crippen LogP contribution in [0.15, 0.2) is 30.3 Å². The van der Waals surface area contributed by atoms with Crippen LogP contribution in [-0.4, -0.2) is 13.1 Å². The van der Waals surface area contributed by atoms with Crippen molar-refractivity contribution in [2.45, 2.75) is 19.3 Å². The third-order valence-electron chi connectivity index (χ3n) is 3.01. The first kappa shape index (κ1) is 11.5. The van der Waals surface area contributed by atoms with Gasteiger partial charge in [0.25, 0.3) is 0 Å². The maximum Gasteiger partial charge on any atom is -0.00173 e. The summed E-state index contributed by atoms with van der Waals surface area (Å²) in [7, 11) is 0. The zero-order valence-corrected chi connectivity index (χ0v) is 9.39. The average Bonchev–Trinajstić information content (AvgIpc) is 2.20. The lowest BCUT2D eigenvalue weighted by Gasteiger charge is -2.29. The number of halogens is 1. The topological polar surface area (TPSA) is 12.0 Å². The van der Waals surface area contributed by atoms with Crippen LogP contribution in [0.4, 0.5) is 0 Å². The lowest BCUT2D eigenvalue weighted by molar-refractivity contribution is 0.349. The summed E-state index contributed by atoms with van der Waals surface area (Å²) in [5.41, 5.74) is 1.51. The molecule has 0 aliphatic carbocycles. The summed E-state index contributed by atoms with van der Waals surface area (Å²) in [4.78, 5) is 0. The Morgan fingerprint density at radius 2 is 1.93 bits per heavy atom. The number of rotatable bonds is 1. The lowest BCUT2D eigenvalue weighted by Crippen LogP contribution is -2.33. The summed E-state index contributed by atoms with van der Waals surface area (Å²) >= 11 is 0. The molecule has 1 N–H and O–H groups in total. The van der Waals surface area contributed by atoms with Crippen LogP contribution in [-0.2, 0) is 0 Å². The molecule has 1 heterocycles. The highest BCUT2D eigenvalue weighted by Crippen LogP contribution is 2.29. The van der Waals surface area contributed by atoms with Crippen LogP contribution in [0.1, 0.15) is 24.8 Å². The van der Waals surface area contributed by atoms with Crippen molar-refractivity contribution in [2.24, 2.45) is 5.92 Å². The lowest BCUT2D eigenvalue weighted by atomic mass is 9.82. The van der Waals surface area contributed by atoms with E-state index >= 15 is 0 Å². The molecule has 0 aromatic heterocycles. The number of hydrogen-bond acceptors (Lipinski definition) is 1. The molecule has 78 valence electrons. The second-order valence-corrected chi connectivity index (χ2v) is 3.99. The van der Waals surface area contributed by atoms with E-state index in [0.717, 1.165) is 11.8 Å². The molecule has 0 saturated carbocycles. The molecule has 1 saturated heterocycles. The summed E-state index contributed by atoms with van der Waals surface area (Å²) in [5, 5.41) is 3.43. The fraction of sp³-hybridized carbons (Fsp3) is 0.500. The van der Waals surface area contributed by atoms with Gasteiger partial charge >= 0.3 is 0 Å². The van der Waals surface area contributed by atoms with E-state index in [1.54, 1.807) is 0 Å². The summed E-state index contributed by atoms with van der Waals surface area (Å²) in [5.74, 6) is 1.54. The van der Waals surface area contributed by atoms with E-state index in [4.69, 9.17) is 0 Å². The molecule has 14 heavy (non-hydrogen) atoms. The Morgan fingerprint density at radius 1 is 1.21 bits per heavy atom. The number of nitrogens with one attached hydrogen (secondary N) is 1. The van der Waals surface area contributed by atoms with Gasteiger partial charge in [0, 0.05) is 0 Å². The normalized spacial score (nSPS) is 26.6. The molecule has 0 bridgehead atoms. The van der Waals surface area contributed by atoms with Crippen LogP contribution in [0.5, 0.6) is 0 Å². The van der Waals surface area contributed by atoms with Gasteiger partial charge in [-0.05, 0) is 36.9 Å². The Labute approximate surface area is 92.3 Å². The van der Waals surface area contributed by atoms with Crippen LogP contribution in [0.25, 0.3) is 0 Å². The second kappa shape index (κ2) is 5.38. The summed E-state index contributed by atoms with van der Waals surface area (Å²) in [6.45, 7) is 4.67. The Bertz CT molecular complexity index is 260. The number of piperidine rings is 1. The maximum absolute atomic E-state index is 3.43. The molecule has 0 amide bonds. The van der Waals surface area contributed by atoms with Crippen LogP contribution in [0, 0.1) is 5.92 Å². The zero-order chi connectivity index (χ0) is 9.10. The van der Waals surface area contributed by atoms with Gasteiger partial charge in [0.2, 0.25) is 0 Å². The van der Waals surface area contributed by atoms with E-state index in [2.05, 4.69) is 42.6 Å². The van der Waals surface area contributed by atoms with Crippen molar-refractivity contribution in [2.75, 3.05) is 13.1 Å². The molecule has 0 radical (unpaired) electrons. The molecule has 0 spiro atoms. The Kier molecular flexibility index (Phi) is 4.43. The van der Waals surface area contributed by atoms with Crippen LogP contribution in [0.2, 0.25) is 0 Å². The van der Waals surface area contributed by atoms with Crippen molar-refractivity contribution in [3.63, 3.8) is 0 Å². The fourth-order valence-corrected chi connectivity index (χ4v) is 2.21. The SMILES string of the molecule is CC1CNCCC1c1ccccc1.Cl. The summed E-state index contributed by atoms with van der Waals surface area (Å²) in [6, 6.07) is 10.9. The first-order valence-electron chi connectivity index (χ1n) is 5.13. The third-order valence-corrected chi connectivity index (χ3v) is 3.01. The molecule has 1 nitrogen and oxygen atoms in total. The second-order valence-electron chi connectivity index (χ2n) is 3.99. The Morgan fingerprint density at radius 3 is 2.57 bits per heavy atom. The van der Waals surface area contributed by atoms with Crippen LogP contribution < -0.4 is 5.32 Å². The smallest absolute Gasteiger partial charge is 0.00173 e. The first-order valence-corrected chi connectivity index (χ1v) is 5.13. The van der Waals surface area contributed by atoms with Crippen molar-refractivity contribution >= 4 is 12.4 Å². The van der Waals surface area contributed by atoms with Gasteiger partial charge in [-0.15, -0.1) is 12.4 Å². The summed E-state index contributed by atoms with van der Waals surface area (Å²) in [6.07, 6.45) is 1.28. The van der Waals surface area contributed by atoms with Gasteiger partial charge in [0.1, 0.15) is 0 Å². The van der Waals surface area contributed by atoms with Crippen molar-refractivity contribution in [1.29, 1.82) is 0 Å². The molecule has 1 fully saturated rings. The standard InChI is InChI=1S/C12H17N.ClH/c1-10-9-13-8-7-12(10)11-5-3-2-4-6-11;/h2-6,10,12-13H,7-9H2,1H3;1H. The van der Waals surface area contributed by atoms with E-state index in [-0.39, 0.29) is 12.4 Å². The minimum atomic E-state index is 0. The van der Waals surface area contributed by atoms with E-state index in [1.165, 1.54) is 25.1 Å². The van der Waals surface area contributed by atoms with Gasteiger partial charge in [0.05, 0.1) is 0 Å². The largest absolute Gasteiger partial charge is 0.316 e. The quantitative estimate of drug-likeness (QED) is 0.754. The highest BCUT2D eigenvalue weighted by atomic mass is 35.5. The summed E-state index contributed by atoms with van der Waals surface area (Å²) < 4.78 is 0. The van der Waals surface area contributed by atoms with Crippen molar-refractivity contribution in [3.05, 3.63) is 35.9 Å². The highest BCUT2D eigenvalue weighted by molar-refractivity contribution is 5.85. The highest BCUT2D eigenvalue weighted by Gasteiger charge is 2.21. The molecule has 2 rings (SSSR count). The van der Waals surface area contributed by atoms with Gasteiger partial charge in [-0.25, -0.2) is 0 Å². The molecular formula is C12H18ClN. The van der Waals surface area contributed by atoms with Crippen molar-refractivity contribution in [1.82, 2.24) is 5.32 Å². The minimum Gasteiger partial charge on any atom is -0.316 e. The molecule has 2 atom stereocenters. The molecule has 1 aromatic carbocycles. The molecule has 1 aliphatic rings. The first-order chi connectivity index (χ1) is 6.38. The molecule has 2 heteroatoms. The van der Waals surface area contributed by atoms with Gasteiger partial charge in [-0.1, -0.05) is 37.3 Å². The molecular weight excluding hydrogens is 194 g/mol. The minimum absolute atomic E-state index is 0. The average molecular weight is 212 g/mol. The molecule has 1 aliphatic heterocycles. The Hall–Kier alpha value is -0.530. The number of hydrogen-bond donors (Lipinski definition) is 1. The van der Waals surface area contributed by atoms with Crippen molar-refractivity contribution < 1.29 is 0 Å². The fourth-order valence-electron chi connectivity index (χ4n) is 2.21. The van der Waals surface area contributed by atoms with E-state index in [9.17, 15) is 0 Å². The van der Waals surface area contributed by atoms with Crippen LogP contribution >= 0.6 is 12.4 Å². The van der Waals surface area contributed by atoms with E-state index in [1.807, 2.05) is 0 Å². The zero-order valence-electron chi connectivity index (χ0n) is 8.57.